The molecule has 4 rings (SSSR count). The average molecular weight is 430 g/mol. The summed E-state index contributed by atoms with van der Waals surface area (Å²) in [6, 6.07) is 21.1. The molecular formula is C21H18BrF2N3. The van der Waals surface area contributed by atoms with Gasteiger partial charge in [0.25, 0.3) is 0 Å². The van der Waals surface area contributed by atoms with Gasteiger partial charge in [0.05, 0.1) is 20.0 Å². The minimum Gasteiger partial charge on any atom is -0.336 e. The van der Waals surface area contributed by atoms with Crippen LogP contribution in [0.1, 0.15) is 0 Å². The molecule has 0 unspecified atom stereocenters. The number of halogens is 3. The fourth-order valence-electron chi connectivity index (χ4n) is 3.20. The lowest BCUT2D eigenvalue weighted by molar-refractivity contribution is 0.604. The molecule has 3 nitrogen and oxygen atoms in total. The maximum atomic E-state index is 13.3. The summed E-state index contributed by atoms with van der Waals surface area (Å²) in [5.74, 6) is -0.508. The summed E-state index contributed by atoms with van der Waals surface area (Å²) in [5, 5.41) is 0. The van der Waals surface area contributed by atoms with E-state index in [0.717, 1.165) is 21.5 Å². The van der Waals surface area contributed by atoms with Crippen LogP contribution in [0.4, 0.5) is 25.8 Å². The van der Waals surface area contributed by atoms with E-state index in [1.807, 2.05) is 12.1 Å². The van der Waals surface area contributed by atoms with E-state index in [0.29, 0.717) is 20.0 Å². The van der Waals surface area contributed by atoms with Crippen LogP contribution in [0, 0.1) is 11.6 Å². The van der Waals surface area contributed by atoms with Crippen molar-refractivity contribution >= 4 is 33.0 Å². The Morgan fingerprint density at radius 1 is 0.519 bits per heavy atom. The molecule has 27 heavy (non-hydrogen) atoms. The third-order valence-electron chi connectivity index (χ3n) is 4.60. The summed E-state index contributed by atoms with van der Waals surface area (Å²) in [6.45, 7) is 1.97. The molecule has 0 aromatic heterocycles. The van der Waals surface area contributed by atoms with E-state index in [1.54, 1.807) is 24.3 Å². The van der Waals surface area contributed by atoms with Crippen LogP contribution in [-0.4, -0.2) is 20.0 Å². The molecule has 1 aliphatic heterocycles. The Hall–Kier alpha value is -2.60. The summed E-state index contributed by atoms with van der Waals surface area (Å²) < 4.78 is 27.7. The third kappa shape index (κ3) is 4.06. The Kier molecular flexibility index (Phi) is 4.99. The van der Waals surface area contributed by atoms with Gasteiger partial charge < -0.3 is 14.7 Å². The molecule has 138 valence electrons. The van der Waals surface area contributed by atoms with Crippen LogP contribution in [0.3, 0.4) is 0 Å². The van der Waals surface area contributed by atoms with Crippen LogP contribution in [0.5, 0.6) is 0 Å². The Bertz CT molecular complexity index is 770. The van der Waals surface area contributed by atoms with Gasteiger partial charge >= 0.3 is 0 Å². The van der Waals surface area contributed by atoms with E-state index < -0.39 is 0 Å². The van der Waals surface area contributed by atoms with E-state index in [-0.39, 0.29) is 11.6 Å². The highest BCUT2D eigenvalue weighted by atomic mass is 79.9. The lowest BCUT2D eigenvalue weighted by Crippen LogP contribution is -2.55. The first-order chi connectivity index (χ1) is 13.1. The Morgan fingerprint density at radius 2 is 0.815 bits per heavy atom. The summed E-state index contributed by atoms with van der Waals surface area (Å²) >= 11 is 3.47. The first-order valence-electron chi connectivity index (χ1n) is 8.60. The van der Waals surface area contributed by atoms with Crippen molar-refractivity contribution < 1.29 is 8.78 Å². The fourth-order valence-corrected chi connectivity index (χ4v) is 3.46. The molecule has 1 saturated heterocycles. The van der Waals surface area contributed by atoms with Crippen molar-refractivity contribution in [1.82, 2.24) is 0 Å². The molecule has 1 fully saturated rings. The van der Waals surface area contributed by atoms with Gasteiger partial charge in [-0.3, -0.25) is 0 Å². The fraction of sp³-hybridized carbons (Fsp3) is 0.143. The van der Waals surface area contributed by atoms with Gasteiger partial charge in [-0.1, -0.05) is 15.9 Å². The SMILES string of the molecule is Fc1ccc(N2CN(c3ccc(F)cc3)CN(c3ccc(Br)cc3)C2)cc1. The van der Waals surface area contributed by atoms with Crippen molar-refractivity contribution in [3.05, 3.63) is 88.9 Å². The maximum absolute atomic E-state index is 13.3. The number of hydrogen-bond acceptors (Lipinski definition) is 3. The number of anilines is 3. The minimum atomic E-state index is -0.254. The van der Waals surface area contributed by atoms with Crippen molar-refractivity contribution in [2.24, 2.45) is 0 Å². The van der Waals surface area contributed by atoms with Gasteiger partial charge in [0.15, 0.2) is 0 Å². The van der Waals surface area contributed by atoms with Crippen LogP contribution in [0.15, 0.2) is 77.3 Å². The lowest BCUT2D eigenvalue weighted by atomic mass is 10.2. The largest absolute Gasteiger partial charge is 0.336 e. The monoisotopic (exact) mass is 429 g/mol. The van der Waals surface area contributed by atoms with Gasteiger partial charge in [-0.2, -0.15) is 0 Å². The highest BCUT2D eigenvalue weighted by Gasteiger charge is 2.24. The first kappa shape index (κ1) is 17.8. The zero-order valence-electron chi connectivity index (χ0n) is 14.5. The van der Waals surface area contributed by atoms with Crippen LogP contribution in [0.25, 0.3) is 0 Å². The number of nitrogens with zero attached hydrogens (tertiary/aromatic N) is 3. The molecule has 0 aliphatic carbocycles. The predicted molar refractivity (Wildman–Crippen MR) is 109 cm³/mol. The molecule has 1 aliphatic rings. The summed E-state index contributed by atoms with van der Waals surface area (Å²) in [6.07, 6.45) is 0. The molecule has 6 heteroatoms. The van der Waals surface area contributed by atoms with Crippen molar-refractivity contribution in [2.45, 2.75) is 0 Å². The van der Waals surface area contributed by atoms with Crippen LogP contribution in [0.2, 0.25) is 0 Å². The number of benzene rings is 3. The van der Waals surface area contributed by atoms with E-state index >= 15 is 0 Å². The molecule has 0 radical (unpaired) electrons. The van der Waals surface area contributed by atoms with Crippen LogP contribution < -0.4 is 14.7 Å². The summed E-state index contributed by atoms with van der Waals surface area (Å²) in [5.41, 5.74) is 2.95. The second-order valence-electron chi connectivity index (χ2n) is 6.47. The van der Waals surface area contributed by atoms with Gasteiger partial charge in [0.2, 0.25) is 0 Å². The van der Waals surface area contributed by atoms with Crippen molar-refractivity contribution in [1.29, 1.82) is 0 Å². The van der Waals surface area contributed by atoms with Gasteiger partial charge in [0, 0.05) is 21.5 Å². The molecular weight excluding hydrogens is 412 g/mol. The van der Waals surface area contributed by atoms with Crippen LogP contribution in [-0.2, 0) is 0 Å². The Balaban J connectivity index is 1.66. The molecule has 0 N–H and O–H groups in total. The highest BCUT2D eigenvalue weighted by Crippen LogP contribution is 2.27. The molecule has 3 aromatic rings. The molecule has 0 bridgehead atoms. The molecule has 1 heterocycles. The number of rotatable bonds is 3. The van der Waals surface area contributed by atoms with Gasteiger partial charge in [-0.15, -0.1) is 0 Å². The van der Waals surface area contributed by atoms with E-state index in [2.05, 4.69) is 42.8 Å². The smallest absolute Gasteiger partial charge is 0.123 e. The molecule has 0 saturated carbocycles. The minimum absolute atomic E-state index is 0.254. The van der Waals surface area contributed by atoms with E-state index in [9.17, 15) is 8.78 Å². The quantitative estimate of drug-likeness (QED) is 0.549. The Morgan fingerprint density at radius 3 is 1.15 bits per heavy atom. The lowest BCUT2D eigenvalue weighted by Gasteiger charge is -2.45. The standard InChI is InChI=1S/C21H18BrF2N3/c22-16-1-7-19(8-2-16)25-13-26(20-9-3-17(23)4-10-20)15-27(14-25)21-11-5-18(24)6-12-21/h1-12H,13-15H2. The molecule has 3 aromatic carbocycles. The Labute approximate surface area is 165 Å². The zero-order chi connectivity index (χ0) is 18.8. The molecule has 0 amide bonds. The third-order valence-corrected chi connectivity index (χ3v) is 5.13. The van der Waals surface area contributed by atoms with Crippen LogP contribution >= 0.6 is 15.9 Å². The first-order valence-corrected chi connectivity index (χ1v) is 9.39. The van der Waals surface area contributed by atoms with Gasteiger partial charge in [-0.25, -0.2) is 8.78 Å². The topological polar surface area (TPSA) is 9.72 Å². The van der Waals surface area contributed by atoms with Gasteiger partial charge in [-0.05, 0) is 72.8 Å². The predicted octanol–water partition coefficient (Wildman–Crippen LogP) is 5.43. The second kappa shape index (κ2) is 7.56. The van der Waals surface area contributed by atoms with Gasteiger partial charge in [0.1, 0.15) is 11.6 Å². The van der Waals surface area contributed by atoms with E-state index in [1.165, 1.54) is 24.3 Å². The molecule has 0 spiro atoms. The average Bonchev–Trinajstić information content (AvgIpc) is 2.69. The van der Waals surface area contributed by atoms with Crippen molar-refractivity contribution in [2.75, 3.05) is 34.7 Å². The zero-order valence-corrected chi connectivity index (χ0v) is 16.1. The maximum Gasteiger partial charge on any atom is 0.123 e. The highest BCUT2D eigenvalue weighted by molar-refractivity contribution is 9.10. The normalized spacial score (nSPS) is 14.6. The van der Waals surface area contributed by atoms with Crippen molar-refractivity contribution in [3.63, 3.8) is 0 Å². The van der Waals surface area contributed by atoms with Crippen molar-refractivity contribution in [3.8, 4) is 0 Å². The second-order valence-corrected chi connectivity index (χ2v) is 7.39. The van der Waals surface area contributed by atoms with E-state index in [4.69, 9.17) is 0 Å². The molecule has 0 atom stereocenters. The summed E-state index contributed by atoms with van der Waals surface area (Å²) in [7, 11) is 0. The summed E-state index contributed by atoms with van der Waals surface area (Å²) in [4.78, 5) is 6.55. The number of hydrogen-bond donors (Lipinski definition) is 0.